The SMILES string of the molecule is CCc1ccc(N2CCO[C@H]2c2ccn(-c3ccccc3)c2)cc1. The van der Waals surface area contributed by atoms with E-state index in [0.29, 0.717) is 0 Å². The lowest BCUT2D eigenvalue weighted by atomic mass is 10.1. The first-order valence-corrected chi connectivity index (χ1v) is 8.55. The van der Waals surface area contributed by atoms with Gasteiger partial charge < -0.3 is 14.2 Å². The van der Waals surface area contributed by atoms with Crippen LogP contribution in [-0.4, -0.2) is 17.7 Å². The summed E-state index contributed by atoms with van der Waals surface area (Å²) in [7, 11) is 0. The number of benzene rings is 2. The average Bonchev–Trinajstić information content (AvgIpc) is 3.32. The summed E-state index contributed by atoms with van der Waals surface area (Å²) in [6.07, 6.45) is 5.33. The third-order valence-corrected chi connectivity index (χ3v) is 4.62. The highest BCUT2D eigenvalue weighted by Gasteiger charge is 2.27. The number of hydrogen-bond acceptors (Lipinski definition) is 2. The van der Waals surface area contributed by atoms with Gasteiger partial charge in [0, 0.05) is 35.9 Å². The number of anilines is 1. The molecule has 0 radical (unpaired) electrons. The van der Waals surface area contributed by atoms with Crippen LogP contribution in [0.1, 0.15) is 24.3 Å². The van der Waals surface area contributed by atoms with Gasteiger partial charge in [-0.25, -0.2) is 0 Å². The van der Waals surface area contributed by atoms with Crippen molar-refractivity contribution in [1.82, 2.24) is 4.57 Å². The number of rotatable bonds is 4. The Balaban J connectivity index is 1.60. The molecule has 122 valence electrons. The molecule has 0 aliphatic carbocycles. The van der Waals surface area contributed by atoms with Crippen LogP contribution in [-0.2, 0) is 11.2 Å². The van der Waals surface area contributed by atoms with Gasteiger partial charge in [0.2, 0.25) is 0 Å². The molecule has 1 aliphatic rings. The van der Waals surface area contributed by atoms with Crippen LogP contribution in [0.25, 0.3) is 5.69 Å². The van der Waals surface area contributed by atoms with Gasteiger partial charge >= 0.3 is 0 Å². The number of hydrogen-bond donors (Lipinski definition) is 0. The average molecular weight is 318 g/mol. The molecule has 24 heavy (non-hydrogen) atoms. The summed E-state index contributed by atoms with van der Waals surface area (Å²) >= 11 is 0. The Hall–Kier alpha value is -2.52. The predicted octanol–water partition coefficient (Wildman–Crippen LogP) is 4.58. The van der Waals surface area contributed by atoms with Crippen molar-refractivity contribution in [2.24, 2.45) is 0 Å². The summed E-state index contributed by atoms with van der Waals surface area (Å²) in [6.45, 7) is 3.87. The summed E-state index contributed by atoms with van der Waals surface area (Å²) in [6, 6.07) is 21.3. The quantitative estimate of drug-likeness (QED) is 0.701. The van der Waals surface area contributed by atoms with E-state index in [9.17, 15) is 0 Å². The highest BCUT2D eigenvalue weighted by atomic mass is 16.5. The van der Waals surface area contributed by atoms with Gasteiger partial charge in [-0.15, -0.1) is 0 Å². The van der Waals surface area contributed by atoms with Gasteiger partial charge in [0.15, 0.2) is 6.23 Å². The van der Waals surface area contributed by atoms with E-state index in [2.05, 4.69) is 83.4 Å². The van der Waals surface area contributed by atoms with Crippen LogP contribution in [0.2, 0.25) is 0 Å². The van der Waals surface area contributed by atoms with Crippen LogP contribution in [0, 0.1) is 0 Å². The van der Waals surface area contributed by atoms with Gasteiger partial charge in [-0.05, 0) is 42.3 Å². The molecular weight excluding hydrogens is 296 g/mol. The van der Waals surface area contributed by atoms with Crippen LogP contribution >= 0.6 is 0 Å². The van der Waals surface area contributed by atoms with E-state index >= 15 is 0 Å². The minimum atomic E-state index is -0.0116. The van der Waals surface area contributed by atoms with Gasteiger partial charge in [0.25, 0.3) is 0 Å². The molecule has 0 bridgehead atoms. The zero-order valence-electron chi connectivity index (χ0n) is 13.9. The lowest BCUT2D eigenvalue weighted by Gasteiger charge is -2.24. The van der Waals surface area contributed by atoms with Gasteiger partial charge in [-0.2, -0.15) is 0 Å². The molecule has 1 aromatic heterocycles. The number of aromatic nitrogens is 1. The van der Waals surface area contributed by atoms with Crippen LogP contribution in [0.4, 0.5) is 5.69 Å². The number of ether oxygens (including phenoxy) is 1. The monoisotopic (exact) mass is 318 g/mol. The third kappa shape index (κ3) is 2.83. The van der Waals surface area contributed by atoms with Crippen molar-refractivity contribution in [3.8, 4) is 5.69 Å². The summed E-state index contributed by atoms with van der Waals surface area (Å²) in [5, 5.41) is 0. The Labute approximate surface area is 143 Å². The maximum Gasteiger partial charge on any atom is 0.158 e. The number of aryl methyl sites for hydroxylation is 1. The first-order chi connectivity index (χ1) is 11.8. The second-order valence-electron chi connectivity index (χ2n) is 6.12. The molecule has 3 nitrogen and oxygen atoms in total. The topological polar surface area (TPSA) is 17.4 Å². The standard InChI is InChI=1S/C21H22N2O/c1-2-17-8-10-20(11-9-17)23-14-15-24-21(23)18-12-13-22(16-18)19-6-4-3-5-7-19/h3-13,16,21H,2,14-15H2,1H3/t21-/m0/s1. The molecule has 0 unspecified atom stereocenters. The second-order valence-corrected chi connectivity index (χ2v) is 6.12. The van der Waals surface area contributed by atoms with Crippen molar-refractivity contribution in [2.75, 3.05) is 18.1 Å². The molecule has 3 aromatic rings. The first-order valence-electron chi connectivity index (χ1n) is 8.55. The van der Waals surface area contributed by atoms with Gasteiger partial charge in [0.1, 0.15) is 0 Å². The molecule has 4 rings (SSSR count). The highest BCUT2D eigenvalue weighted by Crippen LogP contribution is 2.32. The zero-order chi connectivity index (χ0) is 16.4. The van der Waals surface area contributed by atoms with Crippen molar-refractivity contribution in [2.45, 2.75) is 19.6 Å². The maximum atomic E-state index is 6.02. The third-order valence-electron chi connectivity index (χ3n) is 4.62. The minimum absolute atomic E-state index is 0.0116. The molecule has 1 aliphatic heterocycles. The molecule has 0 amide bonds. The normalized spacial score (nSPS) is 17.4. The van der Waals surface area contributed by atoms with E-state index in [-0.39, 0.29) is 6.23 Å². The highest BCUT2D eigenvalue weighted by molar-refractivity contribution is 5.50. The smallest absolute Gasteiger partial charge is 0.158 e. The Kier molecular flexibility index (Phi) is 4.09. The molecule has 0 saturated carbocycles. The molecule has 2 heterocycles. The largest absolute Gasteiger partial charge is 0.352 e. The molecule has 0 N–H and O–H groups in total. The summed E-state index contributed by atoms with van der Waals surface area (Å²) in [4.78, 5) is 2.34. The van der Waals surface area contributed by atoms with E-state index in [0.717, 1.165) is 19.6 Å². The van der Waals surface area contributed by atoms with Crippen LogP contribution in [0.3, 0.4) is 0 Å². The Bertz CT molecular complexity index is 792. The molecule has 0 spiro atoms. The molecule has 1 fully saturated rings. The maximum absolute atomic E-state index is 6.02. The number of nitrogens with zero attached hydrogens (tertiary/aromatic N) is 2. The summed E-state index contributed by atoms with van der Waals surface area (Å²) in [5.74, 6) is 0. The summed E-state index contributed by atoms with van der Waals surface area (Å²) in [5.41, 5.74) is 4.95. The molecular formula is C21H22N2O. The Morgan fingerprint density at radius 2 is 1.75 bits per heavy atom. The molecule has 1 atom stereocenters. The van der Waals surface area contributed by atoms with Crippen LogP contribution in [0.5, 0.6) is 0 Å². The second kappa shape index (κ2) is 6.54. The molecule has 3 heteroatoms. The fraction of sp³-hybridized carbons (Fsp3) is 0.238. The van der Waals surface area contributed by atoms with E-state index in [4.69, 9.17) is 4.74 Å². The van der Waals surface area contributed by atoms with E-state index in [1.807, 2.05) is 6.07 Å². The van der Waals surface area contributed by atoms with E-state index < -0.39 is 0 Å². The van der Waals surface area contributed by atoms with Crippen molar-refractivity contribution in [3.63, 3.8) is 0 Å². The van der Waals surface area contributed by atoms with E-state index in [1.165, 1.54) is 22.5 Å². The molecule has 2 aromatic carbocycles. The van der Waals surface area contributed by atoms with Gasteiger partial charge in [0.05, 0.1) is 6.61 Å². The van der Waals surface area contributed by atoms with Crippen molar-refractivity contribution in [1.29, 1.82) is 0 Å². The number of para-hydroxylation sites is 1. The van der Waals surface area contributed by atoms with Crippen molar-refractivity contribution >= 4 is 5.69 Å². The zero-order valence-corrected chi connectivity index (χ0v) is 13.9. The lowest BCUT2D eigenvalue weighted by molar-refractivity contribution is 0.114. The Morgan fingerprint density at radius 1 is 0.958 bits per heavy atom. The van der Waals surface area contributed by atoms with Gasteiger partial charge in [-0.3, -0.25) is 0 Å². The predicted molar refractivity (Wildman–Crippen MR) is 97.6 cm³/mol. The van der Waals surface area contributed by atoms with E-state index in [1.54, 1.807) is 0 Å². The Morgan fingerprint density at radius 3 is 2.50 bits per heavy atom. The summed E-state index contributed by atoms with van der Waals surface area (Å²) < 4.78 is 8.17. The fourth-order valence-corrected chi connectivity index (χ4v) is 3.25. The van der Waals surface area contributed by atoms with Crippen molar-refractivity contribution < 1.29 is 4.74 Å². The minimum Gasteiger partial charge on any atom is -0.352 e. The van der Waals surface area contributed by atoms with Crippen LogP contribution in [0.15, 0.2) is 73.1 Å². The van der Waals surface area contributed by atoms with Gasteiger partial charge in [-0.1, -0.05) is 37.3 Å². The lowest BCUT2D eigenvalue weighted by Crippen LogP contribution is -2.22. The molecule has 1 saturated heterocycles. The first kappa shape index (κ1) is 15.0. The van der Waals surface area contributed by atoms with Crippen molar-refractivity contribution in [3.05, 3.63) is 84.2 Å². The van der Waals surface area contributed by atoms with Crippen LogP contribution < -0.4 is 4.90 Å². The fourth-order valence-electron chi connectivity index (χ4n) is 3.25.